The summed E-state index contributed by atoms with van der Waals surface area (Å²) < 4.78 is 32.0. The molecule has 2 aromatic carbocycles. The van der Waals surface area contributed by atoms with Crippen molar-refractivity contribution in [1.82, 2.24) is 0 Å². The lowest BCUT2D eigenvalue weighted by atomic mass is 10.1. The molecule has 110 valence electrons. The lowest BCUT2D eigenvalue weighted by Crippen LogP contribution is -2.08. The first-order valence-electron chi connectivity index (χ1n) is 6.13. The van der Waals surface area contributed by atoms with Gasteiger partial charge in [-0.3, -0.25) is 0 Å². The molecule has 3 N–H and O–H groups in total. The standard InChI is InChI=1S/C15H14F2N2O2/c1-8-10(16)4-3-5-13(8)19-14-6-9(15(20)21-2)12(18)7-11(14)17/h3-7,19H,18H2,1-2H3. The Bertz CT molecular complexity index is 702. The summed E-state index contributed by atoms with van der Waals surface area (Å²) in [5.74, 6) is -1.74. The number of nitrogens with one attached hydrogen (secondary N) is 1. The number of anilines is 3. The second-order valence-electron chi connectivity index (χ2n) is 4.45. The quantitative estimate of drug-likeness (QED) is 0.672. The Hall–Kier alpha value is -2.63. The molecule has 0 fully saturated rings. The number of hydrogen-bond donors (Lipinski definition) is 2. The Morgan fingerprint density at radius 3 is 2.57 bits per heavy atom. The molecule has 21 heavy (non-hydrogen) atoms. The number of nitrogens with two attached hydrogens (primary N) is 1. The topological polar surface area (TPSA) is 64.3 Å². The molecule has 0 amide bonds. The van der Waals surface area contributed by atoms with E-state index < -0.39 is 17.6 Å². The van der Waals surface area contributed by atoms with Crippen molar-refractivity contribution in [2.75, 3.05) is 18.2 Å². The van der Waals surface area contributed by atoms with Gasteiger partial charge >= 0.3 is 5.97 Å². The molecule has 0 aliphatic heterocycles. The molecule has 0 saturated carbocycles. The van der Waals surface area contributed by atoms with Crippen LogP contribution in [0.4, 0.5) is 25.8 Å². The average Bonchev–Trinajstić information content (AvgIpc) is 2.45. The van der Waals surface area contributed by atoms with Gasteiger partial charge in [0.25, 0.3) is 0 Å². The SMILES string of the molecule is COC(=O)c1cc(Nc2cccc(F)c2C)c(F)cc1N. The fourth-order valence-corrected chi connectivity index (χ4v) is 1.86. The normalized spacial score (nSPS) is 10.3. The van der Waals surface area contributed by atoms with Crippen LogP contribution in [0, 0.1) is 18.6 Å². The predicted molar refractivity (Wildman–Crippen MR) is 76.6 cm³/mol. The van der Waals surface area contributed by atoms with Gasteiger partial charge < -0.3 is 15.8 Å². The maximum Gasteiger partial charge on any atom is 0.340 e. The average molecular weight is 292 g/mol. The molecule has 0 bridgehead atoms. The van der Waals surface area contributed by atoms with E-state index in [9.17, 15) is 13.6 Å². The molecule has 0 aromatic heterocycles. The number of ether oxygens (including phenoxy) is 1. The number of nitrogen functional groups attached to an aromatic ring is 1. The zero-order chi connectivity index (χ0) is 15.6. The highest BCUT2D eigenvalue weighted by Crippen LogP contribution is 2.28. The molecule has 0 atom stereocenters. The number of carbonyl (C=O) groups excluding carboxylic acids is 1. The first-order valence-corrected chi connectivity index (χ1v) is 6.13. The summed E-state index contributed by atoms with van der Waals surface area (Å²) in [5.41, 5.74) is 6.35. The molecule has 2 rings (SSSR count). The lowest BCUT2D eigenvalue weighted by molar-refractivity contribution is 0.0602. The largest absolute Gasteiger partial charge is 0.465 e. The van der Waals surface area contributed by atoms with Crippen LogP contribution in [0.15, 0.2) is 30.3 Å². The van der Waals surface area contributed by atoms with Gasteiger partial charge in [0.1, 0.15) is 11.6 Å². The molecular formula is C15H14F2N2O2. The van der Waals surface area contributed by atoms with Crippen LogP contribution in [0.25, 0.3) is 0 Å². The third-order valence-electron chi connectivity index (χ3n) is 3.08. The number of rotatable bonds is 3. The van der Waals surface area contributed by atoms with Gasteiger partial charge in [-0.2, -0.15) is 0 Å². The first kappa shape index (κ1) is 14.8. The van der Waals surface area contributed by atoms with Crippen molar-refractivity contribution in [2.24, 2.45) is 0 Å². The third-order valence-corrected chi connectivity index (χ3v) is 3.08. The highest BCUT2D eigenvalue weighted by Gasteiger charge is 2.15. The van der Waals surface area contributed by atoms with Gasteiger partial charge in [-0.05, 0) is 31.2 Å². The Morgan fingerprint density at radius 1 is 1.19 bits per heavy atom. The maximum atomic E-state index is 13.9. The maximum absolute atomic E-state index is 13.9. The van der Waals surface area contributed by atoms with Crippen LogP contribution in [0.5, 0.6) is 0 Å². The summed E-state index contributed by atoms with van der Waals surface area (Å²) in [6.45, 7) is 1.56. The van der Waals surface area contributed by atoms with Crippen LogP contribution in [-0.4, -0.2) is 13.1 Å². The highest BCUT2D eigenvalue weighted by molar-refractivity contribution is 5.96. The van der Waals surface area contributed by atoms with Gasteiger partial charge in [0.05, 0.1) is 18.4 Å². The molecule has 2 aromatic rings. The molecule has 0 spiro atoms. The predicted octanol–water partition coefficient (Wildman–Crippen LogP) is 3.39. The Morgan fingerprint density at radius 2 is 1.90 bits per heavy atom. The van der Waals surface area contributed by atoms with Gasteiger partial charge in [0, 0.05) is 16.9 Å². The van der Waals surface area contributed by atoms with Crippen molar-refractivity contribution < 1.29 is 18.3 Å². The number of benzene rings is 2. The summed E-state index contributed by atoms with van der Waals surface area (Å²) in [4.78, 5) is 11.6. The molecule has 0 unspecified atom stereocenters. The summed E-state index contributed by atoms with van der Waals surface area (Å²) in [7, 11) is 1.20. The second kappa shape index (κ2) is 5.78. The van der Waals surface area contributed by atoms with Crippen molar-refractivity contribution in [1.29, 1.82) is 0 Å². The summed E-state index contributed by atoms with van der Waals surface area (Å²) in [6, 6.07) is 6.66. The summed E-state index contributed by atoms with van der Waals surface area (Å²) in [5, 5.41) is 2.75. The van der Waals surface area contributed by atoms with Crippen LogP contribution >= 0.6 is 0 Å². The van der Waals surface area contributed by atoms with E-state index >= 15 is 0 Å². The molecule has 0 radical (unpaired) electrons. The van der Waals surface area contributed by atoms with E-state index in [1.165, 1.54) is 25.3 Å². The number of hydrogen-bond acceptors (Lipinski definition) is 4. The van der Waals surface area contributed by atoms with Crippen molar-refractivity contribution in [3.05, 3.63) is 53.1 Å². The third kappa shape index (κ3) is 2.94. The van der Waals surface area contributed by atoms with Crippen LogP contribution in [0.2, 0.25) is 0 Å². The van der Waals surface area contributed by atoms with Gasteiger partial charge in [0.15, 0.2) is 0 Å². The molecule has 0 aliphatic carbocycles. The number of carbonyl (C=O) groups is 1. The van der Waals surface area contributed by atoms with Gasteiger partial charge in [-0.25, -0.2) is 13.6 Å². The molecule has 4 nitrogen and oxygen atoms in total. The van der Waals surface area contributed by atoms with Gasteiger partial charge in [0.2, 0.25) is 0 Å². The summed E-state index contributed by atoms with van der Waals surface area (Å²) in [6.07, 6.45) is 0. The Balaban J connectivity index is 2.44. The van der Waals surface area contributed by atoms with E-state index in [1.807, 2.05) is 0 Å². The van der Waals surface area contributed by atoms with Crippen LogP contribution < -0.4 is 11.1 Å². The van der Waals surface area contributed by atoms with E-state index in [0.29, 0.717) is 11.3 Å². The Labute approximate surface area is 120 Å². The van der Waals surface area contributed by atoms with Crippen molar-refractivity contribution in [3.8, 4) is 0 Å². The monoisotopic (exact) mass is 292 g/mol. The summed E-state index contributed by atoms with van der Waals surface area (Å²) >= 11 is 0. The van der Waals surface area contributed by atoms with E-state index in [0.717, 1.165) is 6.07 Å². The minimum atomic E-state index is -0.675. The number of methoxy groups -OCH3 is 1. The number of halogens is 2. The van der Waals surface area contributed by atoms with Crippen LogP contribution in [-0.2, 0) is 4.74 Å². The minimum absolute atomic E-state index is 0.0123. The Kier molecular flexibility index (Phi) is 4.07. The highest BCUT2D eigenvalue weighted by atomic mass is 19.1. The van der Waals surface area contributed by atoms with Crippen LogP contribution in [0.1, 0.15) is 15.9 Å². The smallest absolute Gasteiger partial charge is 0.340 e. The fourth-order valence-electron chi connectivity index (χ4n) is 1.86. The van der Waals surface area contributed by atoms with Crippen LogP contribution in [0.3, 0.4) is 0 Å². The first-order chi connectivity index (χ1) is 9.93. The van der Waals surface area contributed by atoms with Crippen molar-refractivity contribution >= 4 is 23.0 Å². The van der Waals surface area contributed by atoms with E-state index in [-0.39, 0.29) is 16.9 Å². The van der Waals surface area contributed by atoms with Gasteiger partial charge in [-0.1, -0.05) is 6.07 Å². The minimum Gasteiger partial charge on any atom is -0.465 e. The zero-order valence-electron chi connectivity index (χ0n) is 11.5. The molecule has 6 heteroatoms. The fraction of sp³-hybridized carbons (Fsp3) is 0.133. The van der Waals surface area contributed by atoms with Gasteiger partial charge in [-0.15, -0.1) is 0 Å². The molecular weight excluding hydrogens is 278 g/mol. The molecule has 0 heterocycles. The number of esters is 1. The van der Waals surface area contributed by atoms with E-state index in [2.05, 4.69) is 10.1 Å². The lowest BCUT2D eigenvalue weighted by Gasteiger charge is -2.13. The van der Waals surface area contributed by atoms with E-state index in [1.54, 1.807) is 13.0 Å². The molecule has 0 aliphatic rings. The van der Waals surface area contributed by atoms with E-state index in [4.69, 9.17) is 5.73 Å². The second-order valence-corrected chi connectivity index (χ2v) is 4.45. The van der Waals surface area contributed by atoms with Crippen molar-refractivity contribution in [3.63, 3.8) is 0 Å². The zero-order valence-corrected chi connectivity index (χ0v) is 11.5. The molecule has 0 saturated heterocycles. The van der Waals surface area contributed by atoms with Crippen molar-refractivity contribution in [2.45, 2.75) is 6.92 Å².